The number of hydrogen-bond acceptors (Lipinski definition) is 7. The first-order valence-corrected chi connectivity index (χ1v) is 8.12. The number of methoxy groups -OCH3 is 3. The lowest BCUT2D eigenvalue weighted by molar-refractivity contribution is -0.112. The Kier molecular flexibility index (Phi) is 5.25. The van der Waals surface area contributed by atoms with Gasteiger partial charge in [0.1, 0.15) is 11.5 Å². The van der Waals surface area contributed by atoms with E-state index in [2.05, 4.69) is 20.3 Å². The molecule has 28 heavy (non-hydrogen) atoms. The normalized spacial score (nSPS) is 12.0. The van der Waals surface area contributed by atoms with Crippen LogP contribution in [0.15, 0.2) is 36.4 Å². The number of hydrogen-bond donors (Lipinski definition) is 2. The van der Waals surface area contributed by atoms with Crippen molar-refractivity contribution in [2.45, 2.75) is 0 Å². The average molecular weight is 383 g/mol. The summed E-state index contributed by atoms with van der Waals surface area (Å²) in [5, 5.41) is 9.81. The number of esters is 1. The maximum absolute atomic E-state index is 11.3. The largest absolute Gasteiger partial charge is 0.497 e. The molecule has 144 valence electrons. The van der Waals surface area contributed by atoms with E-state index in [9.17, 15) is 14.4 Å². The number of rotatable bonds is 3. The monoisotopic (exact) mass is 383 g/mol. The third-order valence-corrected chi connectivity index (χ3v) is 4.07. The van der Waals surface area contributed by atoms with Gasteiger partial charge >= 0.3 is 5.97 Å². The number of H-pyrrole nitrogens is 1. The van der Waals surface area contributed by atoms with Crippen LogP contribution in [0.25, 0.3) is 10.9 Å². The number of fused-ring (bicyclic) bond motifs is 2. The SMILES string of the molecule is COC(=O)c1n[nH]c2cc(OC)ccc12.COc1ccc2c(c1)NC(=O)C2=O. The van der Waals surface area contributed by atoms with Crippen LogP contribution in [0.1, 0.15) is 20.8 Å². The van der Waals surface area contributed by atoms with E-state index in [4.69, 9.17) is 9.47 Å². The third kappa shape index (κ3) is 3.50. The van der Waals surface area contributed by atoms with Gasteiger partial charge in [0.05, 0.1) is 38.1 Å². The van der Waals surface area contributed by atoms with Crippen LogP contribution in [0.4, 0.5) is 5.69 Å². The molecule has 0 radical (unpaired) electrons. The van der Waals surface area contributed by atoms with E-state index in [1.54, 1.807) is 43.5 Å². The molecular formula is C19H17N3O6. The topological polar surface area (TPSA) is 120 Å². The van der Waals surface area contributed by atoms with Crippen molar-refractivity contribution < 1.29 is 28.6 Å². The number of amides is 1. The molecule has 0 spiro atoms. The molecule has 1 aliphatic heterocycles. The van der Waals surface area contributed by atoms with E-state index < -0.39 is 17.7 Å². The Labute approximate surface area is 159 Å². The number of Topliss-reactive ketones (excluding diaryl/α,β-unsaturated/α-hetero) is 1. The molecule has 2 heterocycles. The van der Waals surface area contributed by atoms with Crippen molar-refractivity contribution in [1.82, 2.24) is 10.2 Å². The van der Waals surface area contributed by atoms with Crippen molar-refractivity contribution in [3.05, 3.63) is 47.7 Å². The summed E-state index contributed by atoms with van der Waals surface area (Å²) < 4.78 is 14.6. The summed E-state index contributed by atoms with van der Waals surface area (Å²) in [5.74, 6) is -0.191. The zero-order chi connectivity index (χ0) is 20.3. The predicted molar refractivity (Wildman–Crippen MR) is 99.9 cm³/mol. The molecule has 1 aromatic heterocycles. The molecule has 0 bridgehead atoms. The zero-order valence-corrected chi connectivity index (χ0v) is 15.4. The summed E-state index contributed by atoms with van der Waals surface area (Å²) in [6.45, 7) is 0. The summed E-state index contributed by atoms with van der Waals surface area (Å²) >= 11 is 0. The van der Waals surface area contributed by atoms with Gasteiger partial charge in [0, 0.05) is 17.5 Å². The standard InChI is InChI=1S/C10H10N2O3.C9H7NO3/c1-14-6-3-4-7-8(5-6)11-12-9(7)10(13)15-2;1-13-5-2-3-6-7(4-5)10-9(12)8(6)11/h3-5H,1-2H3,(H,11,12);2-4H,1H3,(H,10,11,12). The van der Waals surface area contributed by atoms with Crippen molar-refractivity contribution in [2.75, 3.05) is 26.6 Å². The van der Waals surface area contributed by atoms with E-state index in [0.29, 0.717) is 22.7 Å². The molecule has 2 N–H and O–H groups in total. The Hall–Kier alpha value is -3.88. The van der Waals surface area contributed by atoms with E-state index in [1.165, 1.54) is 14.2 Å². The molecule has 0 aliphatic carbocycles. The van der Waals surface area contributed by atoms with Crippen LogP contribution < -0.4 is 14.8 Å². The van der Waals surface area contributed by atoms with Gasteiger partial charge in [-0.05, 0) is 24.3 Å². The Morgan fingerprint density at radius 2 is 1.64 bits per heavy atom. The smallest absolute Gasteiger partial charge is 0.359 e. The first-order chi connectivity index (χ1) is 13.5. The fraction of sp³-hybridized carbons (Fsp3) is 0.158. The Balaban J connectivity index is 0.000000162. The number of ether oxygens (including phenoxy) is 3. The van der Waals surface area contributed by atoms with Crippen molar-refractivity contribution >= 4 is 34.3 Å². The van der Waals surface area contributed by atoms with Gasteiger partial charge in [0.15, 0.2) is 5.69 Å². The molecule has 0 fully saturated rings. The van der Waals surface area contributed by atoms with Crippen LogP contribution in [0.3, 0.4) is 0 Å². The van der Waals surface area contributed by atoms with Crippen LogP contribution in [-0.4, -0.2) is 49.2 Å². The highest BCUT2D eigenvalue weighted by molar-refractivity contribution is 6.51. The van der Waals surface area contributed by atoms with Crippen LogP contribution in [0, 0.1) is 0 Å². The summed E-state index contributed by atoms with van der Waals surface area (Å²) in [4.78, 5) is 33.4. The predicted octanol–water partition coefficient (Wildman–Crippen LogP) is 2.19. The summed E-state index contributed by atoms with van der Waals surface area (Å²) in [5.41, 5.74) is 1.96. The number of nitrogens with one attached hydrogen (secondary N) is 2. The molecule has 1 aliphatic rings. The summed E-state index contributed by atoms with van der Waals surface area (Å²) in [6, 6.07) is 10.2. The first-order valence-electron chi connectivity index (χ1n) is 8.12. The number of anilines is 1. The quantitative estimate of drug-likeness (QED) is 0.525. The molecule has 0 saturated carbocycles. The van der Waals surface area contributed by atoms with E-state index in [-0.39, 0.29) is 5.69 Å². The van der Waals surface area contributed by atoms with E-state index in [1.807, 2.05) is 0 Å². The molecule has 9 nitrogen and oxygen atoms in total. The number of benzene rings is 2. The summed E-state index contributed by atoms with van der Waals surface area (Å²) in [7, 11) is 4.44. The minimum atomic E-state index is -0.580. The average Bonchev–Trinajstić information content (AvgIpc) is 3.27. The Morgan fingerprint density at radius 3 is 2.32 bits per heavy atom. The third-order valence-electron chi connectivity index (χ3n) is 4.07. The van der Waals surface area contributed by atoms with E-state index >= 15 is 0 Å². The van der Waals surface area contributed by atoms with E-state index in [0.717, 1.165) is 10.9 Å². The Morgan fingerprint density at radius 1 is 0.964 bits per heavy atom. The van der Waals surface area contributed by atoms with Gasteiger partial charge in [-0.1, -0.05) is 0 Å². The molecule has 9 heteroatoms. The van der Waals surface area contributed by atoms with Gasteiger partial charge in [-0.2, -0.15) is 5.10 Å². The maximum atomic E-state index is 11.3. The fourth-order valence-electron chi connectivity index (χ4n) is 2.63. The van der Waals surface area contributed by atoms with Crippen LogP contribution in [0.5, 0.6) is 11.5 Å². The highest BCUT2D eigenvalue weighted by Crippen LogP contribution is 2.27. The number of ketones is 1. The van der Waals surface area contributed by atoms with Crippen LogP contribution >= 0.6 is 0 Å². The lowest BCUT2D eigenvalue weighted by Gasteiger charge is -2.00. The first kappa shape index (κ1) is 18.9. The van der Waals surface area contributed by atoms with Crippen molar-refractivity contribution in [1.29, 1.82) is 0 Å². The number of nitrogens with zero attached hydrogens (tertiary/aromatic N) is 1. The minimum absolute atomic E-state index is 0.287. The molecule has 0 saturated heterocycles. The zero-order valence-electron chi connectivity index (χ0n) is 15.4. The number of carbonyl (C=O) groups is 3. The Bertz CT molecular complexity index is 1070. The van der Waals surface area contributed by atoms with Crippen molar-refractivity contribution in [2.24, 2.45) is 0 Å². The molecular weight excluding hydrogens is 366 g/mol. The second-order valence-corrected chi connectivity index (χ2v) is 5.67. The van der Waals surface area contributed by atoms with Gasteiger partial charge < -0.3 is 19.5 Å². The highest BCUT2D eigenvalue weighted by atomic mass is 16.5. The molecule has 3 aromatic rings. The van der Waals surface area contributed by atoms with Gasteiger partial charge in [-0.25, -0.2) is 4.79 Å². The molecule has 0 unspecified atom stereocenters. The fourth-order valence-corrected chi connectivity index (χ4v) is 2.63. The lowest BCUT2D eigenvalue weighted by Crippen LogP contribution is -2.12. The van der Waals surface area contributed by atoms with Gasteiger partial charge in [-0.15, -0.1) is 0 Å². The number of aromatic amines is 1. The van der Waals surface area contributed by atoms with Crippen LogP contribution in [0.2, 0.25) is 0 Å². The van der Waals surface area contributed by atoms with Gasteiger partial charge in [0.25, 0.3) is 11.7 Å². The number of aromatic nitrogens is 2. The minimum Gasteiger partial charge on any atom is -0.497 e. The number of carbonyl (C=O) groups excluding carboxylic acids is 3. The second-order valence-electron chi connectivity index (χ2n) is 5.67. The molecule has 0 atom stereocenters. The molecule has 2 aromatic carbocycles. The lowest BCUT2D eigenvalue weighted by atomic mass is 10.1. The van der Waals surface area contributed by atoms with Crippen LogP contribution in [-0.2, 0) is 9.53 Å². The molecule has 4 rings (SSSR count). The van der Waals surface area contributed by atoms with Gasteiger partial charge in [0.2, 0.25) is 0 Å². The summed E-state index contributed by atoms with van der Waals surface area (Å²) in [6.07, 6.45) is 0. The highest BCUT2D eigenvalue weighted by Gasteiger charge is 2.27. The second kappa shape index (κ2) is 7.78. The maximum Gasteiger partial charge on any atom is 0.359 e. The van der Waals surface area contributed by atoms with Crippen molar-refractivity contribution in [3.63, 3.8) is 0 Å². The van der Waals surface area contributed by atoms with Gasteiger partial charge in [-0.3, -0.25) is 14.7 Å². The van der Waals surface area contributed by atoms with Crippen molar-refractivity contribution in [3.8, 4) is 11.5 Å². The molecule has 1 amide bonds.